The molecule has 2 unspecified atom stereocenters. The number of nitrogens with zero attached hydrogens (tertiary/aromatic N) is 2. The molecule has 0 bridgehead atoms. The van der Waals surface area contributed by atoms with Gasteiger partial charge in [-0.2, -0.15) is 0 Å². The van der Waals surface area contributed by atoms with Gasteiger partial charge in [0, 0.05) is 23.5 Å². The molecule has 134 valence electrons. The fraction of sp³-hybridized carbons (Fsp3) is 0.0952. The standard InChI is InChI=1S/C21H16N2O4/c24-21(20-19(27-20)15-11-13-18(14-12-15)23(25)26)22(16-7-3-1-4-8-16)17-9-5-2-6-10-17/h1-14,19-20H. The molecule has 0 radical (unpaired) electrons. The Morgan fingerprint density at radius 1 is 0.852 bits per heavy atom. The molecule has 1 heterocycles. The maximum absolute atomic E-state index is 13.2. The molecule has 6 heteroatoms. The van der Waals surface area contributed by atoms with Crippen LogP contribution in [0.1, 0.15) is 11.7 Å². The van der Waals surface area contributed by atoms with E-state index >= 15 is 0 Å². The number of epoxide rings is 1. The number of carbonyl (C=O) groups excluding carboxylic acids is 1. The minimum Gasteiger partial charge on any atom is -0.354 e. The van der Waals surface area contributed by atoms with Crippen LogP contribution in [0.25, 0.3) is 0 Å². The van der Waals surface area contributed by atoms with Gasteiger partial charge in [-0.1, -0.05) is 36.4 Å². The van der Waals surface area contributed by atoms with Gasteiger partial charge in [0.1, 0.15) is 6.10 Å². The Labute approximate surface area is 155 Å². The number of amides is 1. The molecule has 1 saturated heterocycles. The summed E-state index contributed by atoms with van der Waals surface area (Å²) in [5.41, 5.74) is 2.27. The van der Waals surface area contributed by atoms with Crippen LogP contribution in [-0.4, -0.2) is 16.9 Å². The van der Waals surface area contributed by atoms with Crippen molar-refractivity contribution >= 4 is 23.0 Å². The largest absolute Gasteiger partial charge is 0.354 e. The normalized spacial score (nSPS) is 17.9. The number of para-hydroxylation sites is 2. The van der Waals surface area contributed by atoms with Crippen molar-refractivity contribution in [3.8, 4) is 0 Å². The predicted octanol–water partition coefficient (Wildman–Crippen LogP) is 4.40. The molecule has 0 spiro atoms. The summed E-state index contributed by atoms with van der Waals surface area (Å²) in [5, 5.41) is 10.8. The number of benzene rings is 3. The second kappa shape index (κ2) is 7.01. The Morgan fingerprint density at radius 3 is 1.85 bits per heavy atom. The zero-order valence-corrected chi connectivity index (χ0v) is 14.3. The van der Waals surface area contributed by atoms with Gasteiger partial charge in [0.05, 0.1) is 4.92 Å². The van der Waals surface area contributed by atoms with E-state index in [9.17, 15) is 14.9 Å². The number of carbonyl (C=O) groups is 1. The maximum atomic E-state index is 13.2. The van der Waals surface area contributed by atoms with E-state index in [4.69, 9.17) is 4.74 Å². The van der Waals surface area contributed by atoms with Crippen LogP contribution in [0.3, 0.4) is 0 Å². The highest BCUT2D eigenvalue weighted by atomic mass is 16.6. The summed E-state index contributed by atoms with van der Waals surface area (Å²) in [6.45, 7) is 0. The summed E-state index contributed by atoms with van der Waals surface area (Å²) in [7, 11) is 0. The van der Waals surface area contributed by atoms with Gasteiger partial charge < -0.3 is 4.74 Å². The van der Waals surface area contributed by atoms with Gasteiger partial charge in [-0.3, -0.25) is 19.8 Å². The number of anilines is 2. The Balaban J connectivity index is 1.59. The van der Waals surface area contributed by atoms with E-state index in [2.05, 4.69) is 0 Å². The Bertz CT molecular complexity index is 919. The first-order valence-electron chi connectivity index (χ1n) is 8.49. The first-order valence-corrected chi connectivity index (χ1v) is 8.49. The smallest absolute Gasteiger partial charge is 0.269 e. The van der Waals surface area contributed by atoms with Gasteiger partial charge in [0.2, 0.25) is 0 Å². The number of ether oxygens (including phenoxy) is 1. The van der Waals surface area contributed by atoms with Gasteiger partial charge in [0.15, 0.2) is 6.10 Å². The van der Waals surface area contributed by atoms with Crippen LogP contribution in [0.5, 0.6) is 0 Å². The number of nitro groups is 1. The molecule has 1 fully saturated rings. The van der Waals surface area contributed by atoms with Crippen molar-refractivity contribution in [3.63, 3.8) is 0 Å². The zero-order chi connectivity index (χ0) is 18.8. The molecular formula is C21H16N2O4. The quantitative estimate of drug-likeness (QED) is 0.384. The molecule has 1 amide bonds. The molecule has 0 aliphatic carbocycles. The van der Waals surface area contributed by atoms with Crippen LogP contribution < -0.4 is 4.90 Å². The minimum absolute atomic E-state index is 0.0116. The lowest BCUT2D eigenvalue weighted by molar-refractivity contribution is -0.384. The molecule has 27 heavy (non-hydrogen) atoms. The summed E-state index contributed by atoms with van der Waals surface area (Å²) in [4.78, 5) is 25.1. The molecule has 4 rings (SSSR count). The highest BCUT2D eigenvalue weighted by Crippen LogP contribution is 2.42. The predicted molar refractivity (Wildman–Crippen MR) is 101 cm³/mol. The van der Waals surface area contributed by atoms with Crippen LogP contribution in [-0.2, 0) is 9.53 Å². The molecule has 0 saturated carbocycles. The summed E-state index contributed by atoms with van der Waals surface area (Å²) < 4.78 is 5.63. The Morgan fingerprint density at radius 2 is 1.37 bits per heavy atom. The topological polar surface area (TPSA) is 76.0 Å². The van der Waals surface area contributed by atoms with Gasteiger partial charge in [-0.25, -0.2) is 0 Å². The average Bonchev–Trinajstić information content (AvgIpc) is 3.51. The van der Waals surface area contributed by atoms with Crippen LogP contribution in [0.2, 0.25) is 0 Å². The highest BCUT2D eigenvalue weighted by Gasteiger charge is 2.48. The molecule has 3 aromatic rings. The van der Waals surface area contributed by atoms with Crippen LogP contribution in [0, 0.1) is 10.1 Å². The third-order valence-corrected chi connectivity index (χ3v) is 4.42. The Hall–Kier alpha value is -3.51. The van der Waals surface area contributed by atoms with Crippen molar-refractivity contribution in [2.75, 3.05) is 4.90 Å². The lowest BCUT2D eigenvalue weighted by Crippen LogP contribution is -2.30. The second-order valence-corrected chi connectivity index (χ2v) is 6.17. The van der Waals surface area contributed by atoms with Gasteiger partial charge in [-0.15, -0.1) is 0 Å². The molecule has 0 N–H and O–H groups in total. The maximum Gasteiger partial charge on any atom is 0.269 e. The van der Waals surface area contributed by atoms with Gasteiger partial charge >= 0.3 is 0 Å². The first kappa shape index (κ1) is 16.9. The zero-order valence-electron chi connectivity index (χ0n) is 14.3. The third kappa shape index (κ3) is 3.43. The van der Waals surface area contributed by atoms with Crippen molar-refractivity contribution in [3.05, 3.63) is 101 Å². The summed E-state index contributed by atoms with van der Waals surface area (Å²) in [6, 6.07) is 24.9. The van der Waals surface area contributed by atoms with E-state index in [-0.39, 0.29) is 11.6 Å². The number of nitro benzene ring substituents is 1. The second-order valence-electron chi connectivity index (χ2n) is 6.17. The van der Waals surface area contributed by atoms with Crippen LogP contribution >= 0.6 is 0 Å². The van der Waals surface area contributed by atoms with Crippen molar-refractivity contribution in [1.29, 1.82) is 0 Å². The summed E-state index contributed by atoms with van der Waals surface area (Å²) in [6.07, 6.45) is -1.01. The number of hydrogen-bond acceptors (Lipinski definition) is 4. The van der Waals surface area contributed by atoms with Gasteiger partial charge in [-0.05, 0) is 42.0 Å². The monoisotopic (exact) mass is 360 g/mol. The van der Waals surface area contributed by atoms with Crippen molar-refractivity contribution in [2.24, 2.45) is 0 Å². The lowest BCUT2D eigenvalue weighted by atomic mass is 10.1. The molecule has 3 aromatic carbocycles. The SMILES string of the molecule is O=C(C1OC1c1ccc([N+](=O)[O-])cc1)N(c1ccccc1)c1ccccc1. The van der Waals surface area contributed by atoms with Gasteiger partial charge in [0.25, 0.3) is 11.6 Å². The van der Waals surface area contributed by atoms with Crippen molar-refractivity contribution in [2.45, 2.75) is 12.2 Å². The minimum atomic E-state index is -0.619. The van der Waals surface area contributed by atoms with E-state index in [1.807, 2.05) is 60.7 Å². The van der Waals surface area contributed by atoms with E-state index in [1.165, 1.54) is 12.1 Å². The van der Waals surface area contributed by atoms with Crippen LogP contribution in [0.15, 0.2) is 84.9 Å². The fourth-order valence-corrected chi connectivity index (χ4v) is 3.02. The molecule has 1 aliphatic heterocycles. The molecular weight excluding hydrogens is 344 g/mol. The lowest BCUT2D eigenvalue weighted by Gasteiger charge is -2.22. The molecule has 6 nitrogen and oxygen atoms in total. The molecule has 2 atom stereocenters. The van der Waals surface area contributed by atoms with E-state index in [0.717, 1.165) is 16.9 Å². The van der Waals surface area contributed by atoms with Crippen molar-refractivity contribution < 1.29 is 14.5 Å². The average molecular weight is 360 g/mol. The van der Waals surface area contributed by atoms with E-state index in [1.54, 1.807) is 17.0 Å². The van der Waals surface area contributed by atoms with E-state index in [0.29, 0.717) is 0 Å². The Kier molecular flexibility index (Phi) is 4.40. The number of hydrogen-bond donors (Lipinski definition) is 0. The first-order chi connectivity index (χ1) is 13.1. The highest BCUT2D eigenvalue weighted by molar-refractivity contribution is 6.04. The molecule has 0 aromatic heterocycles. The van der Waals surface area contributed by atoms with Crippen molar-refractivity contribution in [1.82, 2.24) is 0 Å². The summed E-state index contributed by atoms with van der Waals surface area (Å²) in [5.74, 6) is -0.171. The third-order valence-electron chi connectivity index (χ3n) is 4.42. The number of non-ortho nitro benzene ring substituents is 1. The summed E-state index contributed by atoms with van der Waals surface area (Å²) >= 11 is 0. The molecule has 1 aliphatic rings. The fourth-order valence-electron chi connectivity index (χ4n) is 3.02. The number of rotatable bonds is 5. The van der Waals surface area contributed by atoms with E-state index < -0.39 is 17.1 Å². The van der Waals surface area contributed by atoms with Crippen LogP contribution in [0.4, 0.5) is 17.1 Å².